The number of rotatable bonds is 3. The van der Waals surface area contributed by atoms with Gasteiger partial charge in [-0.1, -0.05) is 0 Å². The molecule has 0 aliphatic carbocycles. The first-order valence-corrected chi connectivity index (χ1v) is 12.3. The Kier molecular flexibility index (Phi) is 5.30. The van der Waals surface area contributed by atoms with Crippen LogP contribution in [0.4, 0.5) is 0 Å². The summed E-state index contributed by atoms with van der Waals surface area (Å²) in [5, 5.41) is 8.73. The Bertz CT molecular complexity index is 158. The second kappa shape index (κ2) is 4.87. The van der Waals surface area contributed by atoms with Crippen molar-refractivity contribution < 1.29 is 5.11 Å². The van der Waals surface area contributed by atoms with Crippen molar-refractivity contribution in [3.8, 4) is 0 Å². The van der Waals surface area contributed by atoms with Crippen molar-refractivity contribution in [1.82, 2.24) is 0 Å². The first kappa shape index (κ1) is 12.0. The zero-order chi connectivity index (χ0) is 9.07. The first-order valence-electron chi connectivity index (χ1n) is 3.86. The molecule has 0 unspecified atom stereocenters. The predicted octanol–water partition coefficient (Wildman–Crippen LogP) is 2.96. The molecule has 66 valence electrons. The minimum absolute atomic E-state index is 0.288. The summed E-state index contributed by atoms with van der Waals surface area (Å²) >= 11 is 0.874. The van der Waals surface area contributed by atoms with Gasteiger partial charge < -0.3 is 0 Å². The van der Waals surface area contributed by atoms with Gasteiger partial charge in [0, 0.05) is 0 Å². The van der Waals surface area contributed by atoms with E-state index in [2.05, 4.69) is 46.8 Å². The number of hydrogen-bond donors (Lipinski definition) is 1. The second-order valence-electron chi connectivity index (χ2n) is 3.82. The Morgan fingerprint density at radius 3 is 2.09 bits per heavy atom. The fourth-order valence-corrected chi connectivity index (χ4v) is 4.14. The summed E-state index contributed by atoms with van der Waals surface area (Å²) < 4.78 is 1.55. The molecule has 1 nitrogen and oxygen atoms in total. The van der Waals surface area contributed by atoms with E-state index in [0.717, 1.165) is 6.42 Å². The van der Waals surface area contributed by atoms with Gasteiger partial charge in [-0.3, -0.25) is 0 Å². The maximum absolute atomic E-state index is 8.73. The molecular weight excluding hydrogens is 312 g/mol. The monoisotopic (exact) mass is 330 g/mol. The summed E-state index contributed by atoms with van der Waals surface area (Å²) in [6.45, 7) is 2.42. The van der Waals surface area contributed by atoms with E-state index in [1.807, 2.05) is 0 Å². The summed E-state index contributed by atoms with van der Waals surface area (Å²) in [7, 11) is 0. The van der Waals surface area contributed by atoms with Crippen LogP contribution in [-0.4, -0.2) is 25.0 Å². The van der Waals surface area contributed by atoms with Gasteiger partial charge in [0.25, 0.3) is 0 Å². The van der Waals surface area contributed by atoms with Crippen LogP contribution in [0.15, 0.2) is 7.99 Å². The summed E-state index contributed by atoms with van der Waals surface area (Å²) in [4.78, 5) is 0. The van der Waals surface area contributed by atoms with Crippen molar-refractivity contribution in [2.75, 3.05) is 6.61 Å². The standard InChI is InChI=1S/C8H17GeIO/c1-7(5-6-11)8(10)9(2,3)4/h11H,5-6H2,1-4H3/b8-7-. The van der Waals surface area contributed by atoms with E-state index in [-0.39, 0.29) is 6.61 Å². The maximum atomic E-state index is 8.73. The van der Waals surface area contributed by atoms with Crippen LogP contribution < -0.4 is 0 Å². The number of aliphatic hydroxyl groups excluding tert-OH is 1. The molecule has 0 spiro atoms. The van der Waals surface area contributed by atoms with Crippen LogP contribution in [-0.2, 0) is 0 Å². The molecule has 0 radical (unpaired) electrons. The van der Waals surface area contributed by atoms with E-state index in [9.17, 15) is 0 Å². The zero-order valence-electron chi connectivity index (χ0n) is 7.74. The molecule has 0 rings (SSSR count). The molecule has 0 aliphatic rings. The van der Waals surface area contributed by atoms with Crippen LogP contribution >= 0.6 is 22.6 Å². The number of aliphatic hydroxyl groups is 1. The van der Waals surface area contributed by atoms with Crippen molar-refractivity contribution in [3.05, 3.63) is 7.99 Å². The van der Waals surface area contributed by atoms with E-state index >= 15 is 0 Å². The Hall–Kier alpha value is 0.973. The fraction of sp³-hybridized carbons (Fsp3) is 0.750. The van der Waals surface area contributed by atoms with Crippen LogP contribution in [0, 0.1) is 0 Å². The van der Waals surface area contributed by atoms with Crippen LogP contribution in [0.5, 0.6) is 0 Å². The molecule has 0 aliphatic heterocycles. The third kappa shape index (κ3) is 4.52. The molecule has 0 aromatic heterocycles. The SMILES string of the molecule is C/C(CCO)=[C](/I)[Ge]([CH3])([CH3])[CH3]. The predicted molar refractivity (Wildman–Crippen MR) is 61.8 cm³/mol. The Morgan fingerprint density at radius 2 is 1.82 bits per heavy atom. The van der Waals surface area contributed by atoms with E-state index in [1.165, 1.54) is 5.57 Å². The van der Waals surface area contributed by atoms with Gasteiger partial charge in [0.15, 0.2) is 0 Å². The van der Waals surface area contributed by atoms with E-state index in [0.29, 0.717) is 0 Å². The molecule has 0 fully saturated rings. The van der Waals surface area contributed by atoms with E-state index in [1.54, 1.807) is 2.41 Å². The molecule has 0 aromatic rings. The van der Waals surface area contributed by atoms with Crippen LogP contribution in [0.25, 0.3) is 0 Å². The fourth-order valence-electron chi connectivity index (χ4n) is 0.918. The Balaban J connectivity index is 4.39. The van der Waals surface area contributed by atoms with Crippen LogP contribution in [0.2, 0.25) is 17.3 Å². The van der Waals surface area contributed by atoms with Crippen molar-refractivity contribution in [2.45, 2.75) is 30.6 Å². The van der Waals surface area contributed by atoms with Gasteiger partial charge in [0.05, 0.1) is 0 Å². The topological polar surface area (TPSA) is 20.2 Å². The minimum atomic E-state index is -1.58. The van der Waals surface area contributed by atoms with Crippen molar-refractivity contribution >= 4 is 35.9 Å². The molecule has 0 heterocycles. The molecule has 0 bridgehead atoms. The van der Waals surface area contributed by atoms with E-state index < -0.39 is 13.3 Å². The molecule has 1 N–H and O–H groups in total. The molecule has 11 heavy (non-hydrogen) atoms. The number of hydrogen-bond acceptors (Lipinski definition) is 1. The van der Waals surface area contributed by atoms with Gasteiger partial charge in [-0.05, 0) is 0 Å². The molecular formula is C8H17GeIO. The van der Waals surface area contributed by atoms with Crippen LogP contribution in [0.3, 0.4) is 0 Å². The third-order valence-corrected chi connectivity index (χ3v) is 14.5. The van der Waals surface area contributed by atoms with Gasteiger partial charge in [-0.25, -0.2) is 0 Å². The van der Waals surface area contributed by atoms with E-state index in [4.69, 9.17) is 5.11 Å². The van der Waals surface area contributed by atoms with Crippen molar-refractivity contribution in [2.24, 2.45) is 0 Å². The first-order chi connectivity index (χ1) is 4.89. The quantitative estimate of drug-likeness (QED) is 0.624. The molecule has 0 atom stereocenters. The Morgan fingerprint density at radius 1 is 1.36 bits per heavy atom. The van der Waals surface area contributed by atoms with Gasteiger partial charge in [0.2, 0.25) is 0 Å². The van der Waals surface area contributed by atoms with Gasteiger partial charge in [-0.15, -0.1) is 0 Å². The van der Waals surface area contributed by atoms with Crippen molar-refractivity contribution in [1.29, 1.82) is 0 Å². The summed E-state index contributed by atoms with van der Waals surface area (Å²) in [5.41, 5.74) is 1.39. The summed E-state index contributed by atoms with van der Waals surface area (Å²) in [6.07, 6.45) is 0.848. The number of halogens is 1. The molecule has 0 aromatic carbocycles. The Labute approximate surface area is 85.8 Å². The third-order valence-electron chi connectivity index (χ3n) is 1.52. The molecule has 0 amide bonds. The summed E-state index contributed by atoms with van der Waals surface area (Å²) in [5.74, 6) is 7.13. The second-order valence-corrected chi connectivity index (χ2v) is 17.5. The summed E-state index contributed by atoms with van der Waals surface area (Å²) in [6, 6.07) is 0. The molecule has 3 heteroatoms. The van der Waals surface area contributed by atoms with Crippen LogP contribution in [0.1, 0.15) is 13.3 Å². The normalized spacial score (nSPS) is 14.7. The average Bonchev–Trinajstić information content (AvgIpc) is 1.85. The van der Waals surface area contributed by atoms with Gasteiger partial charge in [-0.2, -0.15) is 0 Å². The van der Waals surface area contributed by atoms with Gasteiger partial charge >= 0.3 is 86.2 Å². The molecule has 0 saturated carbocycles. The molecule has 0 saturated heterocycles. The average molecular weight is 329 g/mol. The zero-order valence-corrected chi connectivity index (χ0v) is 12.0. The van der Waals surface area contributed by atoms with Crippen molar-refractivity contribution in [3.63, 3.8) is 0 Å². The van der Waals surface area contributed by atoms with Gasteiger partial charge in [0.1, 0.15) is 0 Å².